The number of unbranched alkanes of at least 4 members (excludes halogenated alkanes) is 1. The Kier molecular flexibility index (Phi) is 6.36. The van der Waals surface area contributed by atoms with Crippen molar-refractivity contribution in [2.45, 2.75) is 12.8 Å². The van der Waals surface area contributed by atoms with E-state index in [2.05, 4.69) is 32.3 Å². The lowest BCUT2D eigenvalue weighted by Crippen LogP contribution is -2.12. The van der Waals surface area contributed by atoms with E-state index in [-0.39, 0.29) is 0 Å². The largest absolute Gasteiger partial charge is 0.309 e. The van der Waals surface area contributed by atoms with Crippen molar-refractivity contribution >= 4 is 7.92 Å². The van der Waals surface area contributed by atoms with Crippen LogP contribution in [0, 0.1) is 0 Å². The first kappa shape index (κ1) is 10.4. The predicted octanol–water partition coefficient (Wildman–Crippen LogP) is 2.07. The zero-order chi connectivity index (χ0) is 7.98. The molecule has 0 N–H and O–H groups in total. The molecule has 0 aliphatic heterocycles. The highest BCUT2D eigenvalue weighted by atomic mass is 31.1. The van der Waals surface area contributed by atoms with E-state index in [9.17, 15) is 0 Å². The molecule has 0 heterocycles. The van der Waals surface area contributed by atoms with E-state index in [0.29, 0.717) is 7.92 Å². The van der Waals surface area contributed by atoms with Crippen LogP contribution in [0.15, 0.2) is 0 Å². The highest BCUT2D eigenvalue weighted by Crippen LogP contribution is 2.25. The standard InChI is InChI=1S/C8H20NP/c1-9(2)7-5-6-8-10(3)4/h5-8H2,1-4H3. The molecular weight excluding hydrogens is 141 g/mol. The molecule has 0 aliphatic carbocycles. The van der Waals surface area contributed by atoms with Gasteiger partial charge in [-0.1, -0.05) is 0 Å². The summed E-state index contributed by atoms with van der Waals surface area (Å²) in [5.74, 6) is 0. The summed E-state index contributed by atoms with van der Waals surface area (Å²) in [6, 6.07) is 0. The normalized spacial score (nSPS) is 11.4. The maximum atomic E-state index is 2.35. The average molecular weight is 161 g/mol. The molecule has 0 unspecified atom stereocenters. The van der Waals surface area contributed by atoms with Gasteiger partial charge in [0, 0.05) is 0 Å². The van der Waals surface area contributed by atoms with Crippen molar-refractivity contribution in [3.63, 3.8) is 0 Å². The monoisotopic (exact) mass is 161 g/mol. The van der Waals surface area contributed by atoms with Crippen LogP contribution in [0.4, 0.5) is 0 Å². The van der Waals surface area contributed by atoms with Crippen LogP contribution >= 0.6 is 7.92 Å². The summed E-state index contributed by atoms with van der Waals surface area (Å²) in [7, 11) is 4.63. The minimum Gasteiger partial charge on any atom is -0.309 e. The molecule has 0 fully saturated rings. The Bertz CT molecular complexity index is 61.7. The predicted molar refractivity (Wildman–Crippen MR) is 51.4 cm³/mol. The van der Waals surface area contributed by atoms with Crippen LogP contribution in [0.25, 0.3) is 0 Å². The molecule has 0 aromatic rings. The molecular formula is C8H20NP. The Morgan fingerprint density at radius 3 is 2.10 bits per heavy atom. The molecule has 62 valence electrons. The van der Waals surface area contributed by atoms with Gasteiger partial charge >= 0.3 is 0 Å². The number of hydrogen-bond acceptors (Lipinski definition) is 1. The molecule has 0 amide bonds. The van der Waals surface area contributed by atoms with Crippen molar-refractivity contribution in [3.05, 3.63) is 0 Å². The van der Waals surface area contributed by atoms with E-state index < -0.39 is 0 Å². The summed E-state index contributed by atoms with van der Waals surface area (Å²) < 4.78 is 0. The van der Waals surface area contributed by atoms with Crippen molar-refractivity contribution in [3.8, 4) is 0 Å². The Morgan fingerprint density at radius 2 is 1.70 bits per heavy atom. The van der Waals surface area contributed by atoms with E-state index in [1.54, 1.807) is 0 Å². The van der Waals surface area contributed by atoms with Gasteiger partial charge in [0.1, 0.15) is 0 Å². The van der Waals surface area contributed by atoms with Crippen molar-refractivity contribution < 1.29 is 0 Å². The molecule has 0 radical (unpaired) electrons. The average Bonchev–Trinajstić information content (AvgIpc) is 1.79. The van der Waals surface area contributed by atoms with E-state index in [0.717, 1.165) is 0 Å². The van der Waals surface area contributed by atoms with Gasteiger partial charge in [-0.25, -0.2) is 0 Å². The smallest absolute Gasteiger partial charge is 0.00247 e. The molecule has 0 atom stereocenters. The molecule has 2 heteroatoms. The van der Waals surface area contributed by atoms with E-state index in [1.165, 1.54) is 25.5 Å². The highest BCUT2D eigenvalue weighted by Gasteiger charge is 1.93. The summed E-state index contributed by atoms with van der Waals surface area (Å²) in [6.07, 6.45) is 4.23. The number of hydrogen-bond donors (Lipinski definition) is 0. The Labute approximate surface area is 66.6 Å². The second kappa shape index (κ2) is 6.12. The molecule has 10 heavy (non-hydrogen) atoms. The lowest BCUT2D eigenvalue weighted by Gasteiger charge is -2.09. The third-order valence-electron chi connectivity index (χ3n) is 1.46. The molecule has 0 spiro atoms. The van der Waals surface area contributed by atoms with Gasteiger partial charge in [0.15, 0.2) is 0 Å². The molecule has 1 nitrogen and oxygen atoms in total. The lowest BCUT2D eigenvalue weighted by molar-refractivity contribution is 0.398. The minimum atomic E-state index is 0.350. The second-order valence-electron chi connectivity index (χ2n) is 3.31. The van der Waals surface area contributed by atoms with Crippen LogP contribution in [0.5, 0.6) is 0 Å². The van der Waals surface area contributed by atoms with E-state index in [4.69, 9.17) is 0 Å². The zero-order valence-corrected chi connectivity index (χ0v) is 8.62. The summed E-state index contributed by atoms with van der Waals surface area (Å²) in [5.41, 5.74) is 0. The first-order valence-electron chi connectivity index (χ1n) is 3.92. The molecule has 0 aliphatic rings. The number of rotatable bonds is 5. The van der Waals surface area contributed by atoms with Gasteiger partial charge in [-0.15, -0.1) is 7.92 Å². The van der Waals surface area contributed by atoms with Crippen LogP contribution in [0.2, 0.25) is 0 Å². The van der Waals surface area contributed by atoms with Crippen LogP contribution in [-0.2, 0) is 0 Å². The molecule has 0 saturated carbocycles. The quantitative estimate of drug-likeness (QED) is 0.440. The van der Waals surface area contributed by atoms with Gasteiger partial charge in [0.2, 0.25) is 0 Å². The van der Waals surface area contributed by atoms with Crippen LogP contribution in [0.1, 0.15) is 12.8 Å². The second-order valence-corrected chi connectivity index (χ2v) is 5.92. The summed E-state index contributed by atoms with van der Waals surface area (Å²) >= 11 is 0. The van der Waals surface area contributed by atoms with Gasteiger partial charge in [-0.05, 0) is 53.0 Å². The SMILES string of the molecule is CN(C)CCCCP(C)C. The summed E-state index contributed by atoms with van der Waals surface area (Å²) in [5, 5.41) is 0. The molecule has 0 rings (SSSR count). The minimum absolute atomic E-state index is 0.350. The van der Waals surface area contributed by atoms with Crippen molar-refractivity contribution in [2.24, 2.45) is 0 Å². The van der Waals surface area contributed by atoms with Crippen LogP contribution in [-0.4, -0.2) is 45.0 Å². The van der Waals surface area contributed by atoms with Crippen molar-refractivity contribution in [1.29, 1.82) is 0 Å². The third kappa shape index (κ3) is 8.39. The fourth-order valence-corrected chi connectivity index (χ4v) is 1.71. The van der Waals surface area contributed by atoms with Crippen molar-refractivity contribution in [1.82, 2.24) is 4.90 Å². The van der Waals surface area contributed by atoms with Gasteiger partial charge < -0.3 is 4.90 Å². The third-order valence-corrected chi connectivity index (χ3v) is 2.67. The van der Waals surface area contributed by atoms with Crippen LogP contribution in [0.3, 0.4) is 0 Å². The Hall–Kier alpha value is 0.390. The van der Waals surface area contributed by atoms with E-state index in [1.807, 2.05) is 0 Å². The summed E-state index contributed by atoms with van der Waals surface area (Å²) in [6.45, 7) is 5.96. The van der Waals surface area contributed by atoms with Gasteiger partial charge in [0.05, 0.1) is 0 Å². The zero-order valence-electron chi connectivity index (χ0n) is 7.72. The topological polar surface area (TPSA) is 3.24 Å². The van der Waals surface area contributed by atoms with Crippen LogP contribution < -0.4 is 0 Å². The Balaban J connectivity index is 2.91. The molecule has 0 bridgehead atoms. The van der Waals surface area contributed by atoms with Crippen molar-refractivity contribution in [2.75, 3.05) is 40.1 Å². The van der Waals surface area contributed by atoms with E-state index >= 15 is 0 Å². The highest BCUT2D eigenvalue weighted by molar-refractivity contribution is 7.55. The molecule has 0 aromatic carbocycles. The fourth-order valence-electron chi connectivity index (χ4n) is 0.856. The Morgan fingerprint density at radius 1 is 1.10 bits per heavy atom. The molecule has 0 saturated heterocycles. The first-order valence-corrected chi connectivity index (χ1v) is 6.34. The number of nitrogens with zero attached hydrogens (tertiary/aromatic N) is 1. The first-order chi connectivity index (χ1) is 4.63. The maximum Gasteiger partial charge on any atom is -0.00247 e. The lowest BCUT2D eigenvalue weighted by atomic mass is 10.3. The van der Waals surface area contributed by atoms with Gasteiger partial charge in [-0.3, -0.25) is 0 Å². The molecule has 0 aromatic heterocycles. The van der Waals surface area contributed by atoms with Gasteiger partial charge in [0.25, 0.3) is 0 Å². The fraction of sp³-hybridized carbons (Fsp3) is 1.00. The summed E-state index contributed by atoms with van der Waals surface area (Å²) in [4.78, 5) is 2.26. The maximum absolute atomic E-state index is 2.35. The van der Waals surface area contributed by atoms with Gasteiger partial charge in [-0.2, -0.15) is 0 Å².